The number of alkyl halides is 3. The van der Waals surface area contributed by atoms with Gasteiger partial charge in [-0.25, -0.2) is 9.97 Å². The van der Waals surface area contributed by atoms with E-state index in [4.69, 9.17) is 0 Å². The smallest absolute Gasteiger partial charge is 0.387 e. The van der Waals surface area contributed by atoms with E-state index in [2.05, 4.69) is 15.3 Å². The average molecular weight is 283 g/mol. The molecule has 0 fully saturated rings. The van der Waals surface area contributed by atoms with Crippen LogP contribution in [0.25, 0.3) is 0 Å². The molecule has 0 radical (unpaired) electrons. The maximum atomic E-state index is 12.5. The second-order valence-corrected chi connectivity index (χ2v) is 4.07. The number of rotatable bonds is 4. The topological polar surface area (TPSA) is 58.0 Å². The Morgan fingerprint density at radius 2 is 1.85 bits per heavy atom. The molecule has 0 aliphatic heterocycles. The molecule has 1 unspecified atom stereocenters. The van der Waals surface area contributed by atoms with Crippen LogP contribution >= 0.6 is 0 Å². The van der Waals surface area contributed by atoms with E-state index in [1.165, 1.54) is 0 Å². The summed E-state index contributed by atoms with van der Waals surface area (Å²) in [7, 11) is 0. The summed E-state index contributed by atoms with van der Waals surface area (Å²) < 4.78 is 37.4. The predicted octanol–water partition coefficient (Wildman–Crippen LogP) is 2.64. The van der Waals surface area contributed by atoms with Gasteiger partial charge in [-0.3, -0.25) is 0 Å². The molecule has 2 aromatic rings. The van der Waals surface area contributed by atoms with Gasteiger partial charge >= 0.3 is 6.18 Å². The molecule has 0 saturated carbocycles. The molecule has 0 saturated heterocycles. The molecule has 20 heavy (non-hydrogen) atoms. The lowest BCUT2D eigenvalue weighted by Gasteiger charge is -2.13. The normalized spacial score (nSPS) is 13.0. The van der Waals surface area contributed by atoms with Gasteiger partial charge in [-0.15, -0.1) is 0 Å². The minimum Gasteiger partial charge on any atom is -0.387 e. The number of aromatic nitrogens is 2. The molecule has 0 aliphatic rings. The van der Waals surface area contributed by atoms with Crippen LogP contribution in [-0.2, 0) is 6.18 Å². The summed E-state index contributed by atoms with van der Waals surface area (Å²) in [6, 6.07) is 9.57. The fourth-order valence-electron chi connectivity index (χ4n) is 1.58. The molecular formula is C13H12F3N3O. The Labute approximate surface area is 113 Å². The molecule has 0 bridgehead atoms. The lowest BCUT2D eigenvalue weighted by molar-refractivity contribution is -0.141. The third-order valence-electron chi connectivity index (χ3n) is 2.58. The molecule has 0 spiro atoms. The molecule has 1 aromatic carbocycles. The number of anilines is 1. The number of aliphatic hydroxyl groups is 1. The SMILES string of the molecule is OC(CNc1nccc(C(F)(F)F)n1)c1ccccc1. The maximum absolute atomic E-state index is 12.5. The van der Waals surface area contributed by atoms with E-state index in [0.29, 0.717) is 5.56 Å². The highest BCUT2D eigenvalue weighted by Crippen LogP contribution is 2.27. The van der Waals surface area contributed by atoms with Crippen molar-refractivity contribution in [1.29, 1.82) is 0 Å². The highest BCUT2D eigenvalue weighted by molar-refractivity contribution is 5.28. The molecular weight excluding hydrogens is 271 g/mol. The molecule has 1 aromatic heterocycles. The Balaban J connectivity index is 2.01. The monoisotopic (exact) mass is 283 g/mol. The second-order valence-electron chi connectivity index (χ2n) is 4.07. The van der Waals surface area contributed by atoms with Crippen LogP contribution in [0, 0.1) is 0 Å². The van der Waals surface area contributed by atoms with Crippen molar-refractivity contribution in [2.45, 2.75) is 12.3 Å². The van der Waals surface area contributed by atoms with Crippen molar-refractivity contribution in [2.75, 3.05) is 11.9 Å². The highest BCUT2D eigenvalue weighted by Gasteiger charge is 2.32. The van der Waals surface area contributed by atoms with E-state index in [0.717, 1.165) is 12.3 Å². The fourth-order valence-corrected chi connectivity index (χ4v) is 1.58. The third kappa shape index (κ3) is 3.67. The summed E-state index contributed by atoms with van der Waals surface area (Å²) in [6.45, 7) is 0.0192. The van der Waals surface area contributed by atoms with Gasteiger partial charge in [-0.1, -0.05) is 30.3 Å². The van der Waals surface area contributed by atoms with Crippen molar-refractivity contribution in [1.82, 2.24) is 9.97 Å². The first kappa shape index (κ1) is 14.3. The summed E-state index contributed by atoms with van der Waals surface area (Å²) in [5.74, 6) is -0.171. The van der Waals surface area contributed by atoms with Crippen molar-refractivity contribution >= 4 is 5.95 Å². The molecule has 7 heteroatoms. The number of benzene rings is 1. The Hall–Kier alpha value is -2.15. The summed E-state index contributed by atoms with van der Waals surface area (Å²) in [4.78, 5) is 7.04. The van der Waals surface area contributed by atoms with Gasteiger partial charge in [0.15, 0.2) is 0 Å². The molecule has 0 aliphatic carbocycles. The van der Waals surface area contributed by atoms with Crippen LogP contribution in [0.2, 0.25) is 0 Å². The highest BCUT2D eigenvalue weighted by atomic mass is 19.4. The fraction of sp³-hybridized carbons (Fsp3) is 0.231. The van der Waals surface area contributed by atoms with Crippen molar-refractivity contribution < 1.29 is 18.3 Å². The van der Waals surface area contributed by atoms with Gasteiger partial charge in [0.05, 0.1) is 6.10 Å². The first-order valence-electron chi connectivity index (χ1n) is 5.84. The van der Waals surface area contributed by atoms with Gasteiger partial charge in [0.2, 0.25) is 5.95 Å². The van der Waals surface area contributed by atoms with Gasteiger partial charge in [0.1, 0.15) is 5.69 Å². The van der Waals surface area contributed by atoms with Crippen molar-refractivity contribution in [2.24, 2.45) is 0 Å². The second kappa shape index (κ2) is 5.87. The maximum Gasteiger partial charge on any atom is 0.433 e. The Morgan fingerprint density at radius 1 is 1.15 bits per heavy atom. The molecule has 1 heterocycles. The third-order valence-corrected chi connectivity index (χ3v) is 2.58. The molecule has 4 nitrogen and oxygen atoms in total. The van der Waals surface area contributed by atoms with Crippen LogP contribution in [0.3, 0.4) is 0 Å². The van der Waals surface area contributed by atoms with E-state index in [1.54, 1.807) is 30.3 Å². The van der Waals surface area contributed by atoms with Crippen LogP contribution in [0.5, 0.6) is 0 Å². The summed E-state index contributed by atoms with van der Waals surface area (Å²) in [6.07, 6.45) is -4.35. The predicted molar refractivity (Wildman–Crippen MR) is 66.9 cm³/mol. The minimum absolute atomic E-state index is 0.0192. The zero-order valence-corrected chi connectivity index (χ0v) is 10.3. The van der Waals surface area contributed by atoms with Crippen LogP contribution in [0.15, 0.2) is 42.6 Å². The first-order chi connectivity index (χ1) is 9.47. The standard InChI is InChI=1S/C13H12F3N3O/c14-13(15,16)11-6-7-17-12(19-11)18-8-10(20)9-4-2-1-3-5-9/h1-7,10,20H,8H2,(H,17,18,19). The quantitative estimate of drug-likeness (QED) is 0.905. The first-order valence-corrected chi connectivity index (χ1v) is 5.84. The zero-order chi connectivity index (χ0) is 14.6. The van der Waals surface area contributed by atoms with Crippen molar-refractivity contribution in [3.05, 3.63) is 53.9 Å². The number of aliphatic hydroxyl groups excluding tert-OH is 1. The molecule has 0 amide bonds. The van der Waals surface area contributed by atoms with Gasteiger partial charge < -0.3 is 10.4 Å². The van der Waals surface area contributed by atoms with Gasteiger partial charge in [-0.2, -0.15) is 13.2 Å². The largest absolute Gasteiger partial charge is 0.433 e. The van der Waals surface area contributed by atoms with E-state index < -0.39 is 18.0 Å². The van der Waals surface area contributed by atoms with Crippen LogP contribution in [0.4, 0.5) is 19.1 Å². The Kier molecular flexibility index (Phi) is 4.19. The average Bonchev–Trinajstić information content (AvgIpc) is 2.45. The molecule has 2 N–H and O–H groups in total. The lowest BCUT2D eigenvalue weighted by atomic mass is 10.1. The zero-order valence-electron chi connectivity index (χ0n) is 10.3. The van der Waals surface area contributed by atoms with E-state index >= 15 is 0 Å². The van der Waals surface area contributed by atoms with Gasteiger partial charge in [0.25, 0.3) is 0 Å². The number of nitrogens with zero attached hydrogens (tertiary/aromatic N) is 2. The molecule has 2 rings (SSSR count). The summed E-state index contributed by atoms with van der Waals surface area (Å²) >= 11 is 0. The Morgan fingerprint density at radius 3 is 2.50 bits per heavy atom. The van der Waals surface area contributed by atoms with Crippen molar-refractivity contribution in [3.8, 4) is 0 Å². The van der Waals surface area contributed by atoms with Crippen LogP contribution < -0.4 is 5.32 Å². The number of hydrogen-bond donors (Lipinski definition) is 2. The Bertz CT molecular complexity index is 560. The van der Waals surface area contributed by atoms with Gasteiger partial charge in [-0.05, 0) is 11.6 Å². The van der Waals surface area contributed by atoms with E-state index in [1.807, 2.05) is 0 Å². The molecule has 1 atom stereocenters. The van der Waals surface area contributed by atoms with Gasteiger partial charge in [0, 0.05) is 12.7 Å². The lowest BCUT2D eigenvalue weighted by Crippen LogP contribution is -2.16. The van der Waals surface area contributed by atoms with Crippen molar-refractivity contribution in [3.63, 3.8) is 0 Å². The summed E-state index contributed by atoms with van der Waals surface area (Å²) in [5, 5.41) is 12.5. The summed E-state index contributed by atoms with van der Waals surface area (Å²) in [5.41, 5.74) is -0.365. The van der Waals surface area contributed by atoms with Crippen LogP contribution in [-0.4, -0.2) is 21.6 Å². The molecule has 106 valence electrons. The van der Waals surface area contributed by atoms with E-state index in [-0.39, 0.29) is 12.5 Å². The van der Waals surface area contributed by atoms with Crippen LogP contribution in [0.1, 0.15) is 17.4 Å². The minimum atomic E-state index is -4.52. The number of halogens is 3. The van der Waals surface area contributed by atoms with E-state index in [9.17, 15) is 18.3 Å². The number of hydrogen-bond acceptors (Lipinski definition) is 4. The number of nitrogens with one attached hydrogen (secondary N) is 1.